The number of halogens is 2. The Morgan fingerprint density at radius 1 is 0.964 bits per heavy atom. The van der Waals surface area contributed by atoms with E-state index < -0.39 is 0 Å². The van der Waals surface area contributed by atoms with Crippen LogP contribution in [0.15, 0.2) is 36.4 Å². The molecule has 1 aliphatic rings. The van der Waals surface area contributed by atoms with Crippen LogP contribution in [0.3, 0.4) is 0 Å². The van der Waals surface area contributed by atoms with Gasteiger partial charge in [0.05, 0.1) is 24.3 Å². The zero-order valence-corrected chi connectivity index (χ0v) is 17.6. The molecule has 2 aromatic rings. The maximum Gasteiger partial charge on any atom is 0.254 e. The van der Waals surface area contributed by atoms with Gasteiger partial charge < -0.3 is 14.4 Å². The minimum Gasteiger partial charge on any atom is -0.497 e. The molecule has 5 nitrogen and oxygen atoms in total. The van der Waals surface area contributed by atoms with Gasteiger partial charge in [-0.05, 0) is 36.2 Å². The topological polar surface area (TPSA) is 42.0 Å². The van der Waals surface area contributed by atoms with Crippen LogP contribution in [0.5, 0.6) is 11.5 Å². The second kappa shape index (κ2) is 9.50. The Morgan fingerprint density at radius 2 is 1.64 bits per heavy atom. The molecule has 0 atom stereocenters. The Kier molecular flexibility index (Phi) is 7.05. The Labute approximate surface area is 175 Å². The van der Waals surface area contributed by atoms with Crippen molar-refractivity contribution < 1.29 is 14.3 Å². The van der Waals surface area contributed by atoms with Crippen molar-refractivity contribution in [3.05, 3.63) is 57.6 Å². The van der Waals surface area contributed by atoms with E-state index in [0.29, 0.717) is 34.4 Å². The first-order valence-corrected chi connectivity index (χ1v) is 9.95. The number of carbonyl (C=O) groups excluding carboxylic acids is 1. The fourth-order valence-corrected chi connectivity index (χ4v) is 4.02. The van der Waals surface area contributed by atoms with Gasteiger partial charge in [0.25, 0.3) is 5.91 Å². The molecular formula is C21H24Cl2N2O3. The summed E-state index contributed by atoms with van der Waals surface area (Å²) in [5.74, 6) is 1.19. The first kappa shape index (κ1) is 20.8. The largest absolute Gasteiger partial charge is 0.497 e. The van der Waals surface area contributed by atoms with Crippen LogP contribution in [0, 0.1) is 0 Å². The van der Waals surface area contributed by atoms with Crippen LogP contribution in [0.2, 0.25) is 10.0 Å². The molecule has 1 aliphatic heterocycles. The molecule has 1 heterocycles. The maximum absolute atomic E-state index is 12.9. The summed E-state index contributed by atoms with van der Waals surface area (Å²) in [7, 11) is 3.17. The van der Waals surface area contributed by atoms with Crippen molar-refractivity contribution >= 4 is 29.1 Å². The molecule has 0 saturated carbocycles. The number of amides is 1. The predicted octanol–water partition coefficient (Wildman–Crippen LogP) is 4.36. The average Bonchev–Trinajstić information content (AvgIpc) is 2.93. The summed E-state index contributed by atoms with van der Waals surface area (Å²) in [5.41, 5.74) is 1.72. The van der Waals surface area contributed by atoms with Crippen LogP contribution < -0.4 is 9.47 Å². The molecule has 1 saturated heterocycles. The fourth-order valence-electron chi connectivity index (χ4n) is 3.38. The Morgan fingerprint density at radius 3 is 2.25 bits per heavy atom. The van der Waals surface area contributed by atoms with Gasteiger partial charge in [0.15, 0.2) is 5.75 Å². The Balaban J connectivity index is 1.63. The van der Waals surface area contributed by atoms with E-state index in [1.807, 2.05) is 17.0 Å². The standard InChI is InChI=1S/C21H24Cl2N2O3/c1-27-17-6-4-15(5-7-17)14-24-8-3-9-25(11-10-24)21(26)16-12-18(22)20(28-2)19(23)13-16/h4-7,12-13H,3,8-11,14H2,1-2H3. The van der Waals surface area contributed by atoms with Gasteiger partial charge in [-0.2, -0.15) is 0 Å². The minimum atomic E-state index is -0.0576. The van der Waals surface area contributed by atoms with Crippen LogP contribution in [0.4, 0.5) is 0 Å². The third-order valence-electron chi connectivity index (χ3n) is 4.89. The maximum atomic E-state index is 12.9. The van der Waals surface area contributed by atoms with E-state index >= 15 is 0 Å². The highest BCUT2D eigenvalue weighted by Gasteiger charge is 2.22. The molecule has 1 fully saturated rings. The summed E-state index contributed by atoms with van der Waals surface area (Å²) in [6.45, 7) is 3.98. The molecule has 2 aromatic carbocycles. The van der Waals surface area contributed by atoms with Gasteiger partial charge in [-0.15, -0.1) is 0 Å². The van der Waals surface area contributed by atoms with E-state index in [1.165, 1.54) is 12.7 Å². The third-order valence-corrected chi connectivity index (χ3v) is 5.45. The molecule has 150 valence electrons. The minimum absolute atomic E-state index is 0.0576. The molecule has 0 aliphatic carbocycles. The van der Waals surface area contributed by atoms with E-state index in [0.717, 1.165) is 31.8 Å². The summed E-state index contributed by atoms with van der Waals surface area (Å²) in [6.07, 6.45) is 0.916. The number of methoxy groups -OCH3 is 2. The van der Waals surface area contributed by atoms with Gasteiger partial charge in [-0.3, -0.25) is 9.69 Å². The third kappa shape index (κ3) is 4.90. The average molecular weight is 423 g/mol. The molecule has 0 unspecified atom stereocenters. The van der Waals surface area contributed by atoms with Crippen LogP contribution in [-0.2, 0) is 6.54 Å². The van der Waals surface area contributed by atoms with Crippen molar-refractivity contribution in [2.75, 3.05) is 40.4 Å². The molecule has 0 radical (unpaired) electrons. The van der Waals surface area contributed by atoms with Crippen molar-refractivity contribution in [3.63, 3.8) is 0 Å². The summed E-state index contributed by atoms with van der Waals surface area (Å²) in [5, 5.41) is 0.684. The smallest absolute Gasteiger partial charge is 0.254 e. The molecule has 0 aromatic heterocycles. The SMILES string of the molecule is COc1ccc(CN2CCCN(C(=O)c3cc(Cl)c(OC)c(Cl)c3)CC2)cc1. The van der Waals surface area contributed by atoms with Crippen molar-refractivity contribution in [2.24, 2.45) is 0 Å². The Bertz CT molecular complexity index is 804. The van der Waals surface area contributed by atoms with E-state index in [2.05, 4.69) is 17.0 Å². The molecular weight excluding hydrogens is 399 g/mol. The lowest BCUT2D eigenvalue weighted by atomic mass is 10.2. The van der Waals surface area contributed by atoms with Crippen molar-refractivity contribution in [2.45, 2.75) is 13.0 Å². The number of rotatable bonds is 5. The highest BCUT2D eigenvalue weighted by Crippen LogP contribution is 2.34. The summed E-state index contributed by atoms with van der Waals surface area (Å²) in [4.78, 5) is 17.2. The van der Waals surface area contributed by atoms with Gasteiger partial charge in [-0.25, -0.2) is 0 Å². The lowest BCUT2D eigenvalue weighted by molar-refractivity contribution is 0.0761. The lowest BCUT2D eigenvalue weighted by Crippen LogP contribution is -2.35. The number of hydrogen-bond acceptors (Lipinski definition) is 4. The van der Waals surface area contributed by atoms with Crippen LogP contribution in [0.1, 0.15) is 22.3 Å². The summed E-state index contributed by atoms with van der Waals surface area (Å²) >= 11 is 12.4. The van der Waals surface area contributed by atoms with E-state index in [1.54, 1.807) is 19.2 Å². The molecule has 7 heteroatoms. The number of nitrogens with zero attached hydrogens (tertiary/aromatic N) is 2. The Hall–Kier alpha value is -1.95. The zero-order chi connectivity index (χ0) is 20.1. The van der Waals surface area contributed by atoms with Gasteiger partial charge in [-0.1, -0.05) is 35.3 Å². The van der Waals surface area contributed by atoms with Gasteiger partial charge in [0.2, 0.25) is 0 Å². The fraction of sp³-hybridized carbons (Fsp3) is 0.381. The van der Waals surface area contributed by atoms with E-state index in [9.17, 15) is 4.79 Å². The molecule has 0 N–H and O–H groups in total. The van der Waals surface area contributed by atoms with Gasteiger partial charge >= 0.3 is 0 Å². The molecule has 0 spiro atoms. The normalized spacial score (nSPS) is 15.2. The monoisotopic (exact) mass is 422 g/mol. The number of carbonyl (C=O) groups is 1. The zero-order valence-electron chi connectivity index (χ0n) is 16.1. The first-order valence-electron chi connectivity index (χ1n) is 9.19. The van der Waals surface area contributed by atoms with Gasteiger partial charge in [0.1, 0.15) is 5.75 Å². The molecule has 28 heavy (non-hydrogen) atoms. The second-order valence-corrected chi connectivity index (χ2v) is 7.56. The van der Waals surface area contributed by atoms with E-state index in [-0.39, 0.29) is 5.91 Å². The summed E-state index contributed by atoms with van der Waals surface area (Å²) in [6, 6.07) is 11.3. The lowest BCUT2D eigenvalue weighted by Gasteiger charge is -2.22. The van der Waals surface area contributed by atoms with Crippen molar-refractivity contribution in [1.29, 1.82) is 0 Å². The van der Waals surface area contributed by atoms with Crippen LogP contribution in [0.25, 0.3) is 0 Å². The molecule has 1 amide bonds. The molecule has 0 bridgehead atoms. The van der Waals surface area contributed by atoms with Crippen LogP contribution in [-0.4, -0.2) is 56.1 Å². The van der Waals surface area contributed by atoms with Gasteiger partial charge in [0, 0.05) is 38.3 Å². The highest BCUT2D eigenvalue weighted by atomic mass is 35.5. The summed E-state index contributed by atoms with van der Waals surface area (Å²) < 4.78 is 10.4. The number of benzene rings is 2. The van der Waals surface area contributed by atoms with Crippen molar-refractivity contribution in [3.8, 4) is 11.5 Å². The predicted molar refractivity (Wildman–Crippen MR) is 112 cm³/mol. The number of ether oxygens (including phenoxy) is 2. The number of hydrogen-bond donors (Lipinski definition) is 0. The quantitative estimate of drug-likeness (QED) is 0.717. The second-order valence-electron chi connectivity index (χ2n) is 6.74. The first-order chi connectivity index (χ1) is 13.5. The van der Waals surface area contributed by atoms with Crippen LogP contribution >= 0.6 is 23.2 Å². The highest BCUT2D eigenvalue weighted by molar-refractivity contribution is 6.37. The van der Waals surface area contributed by atoms with E-state index in [4.69, 9.17) is 32.7 Å². The van der Waals surface area contributed by atoms with Crippen molar-refractivity contribution in [1.82, 2.24) is 9.80 Å². The molecule has 3 rings (SSSR count).